The first-order valence-electron chi connectivity index (χ1n) is 11.6. The second kappa shape index (κ2) is 7.62. The van der Waals surface area contributed by atoms with Gasteiger partial charge in [-0.15, -0.1) is 0 Å². The average Bonchev–Trinajstić information content (AvgIpc) is 3.62. The van der Waals surface area contributed by atoms with Crippen LogP contribution in [0.4, 0.5) is 11.4 Å². The summed E-state index contributed by atoms with van der Waals surface area (Å²) in [5.41, 5.74) is 1.12. The second-order valence-corrected chi connectivity index (χ2v) is 9.70. The van der Waals surface area contributed by atoms with E-state index in [0.717, 1.165) is 12.0 Å². The molecule has 1 heterocycles. The number of carbonyl (C=O) groups excluding carboxylic acids is 3. The van der Waals surface area contributed by atoms with Crippen LogP contribution in [-0.2, 0) is 20.8 Å². The standard InChI is InChI=1S/C26H23N3O5/c30-24(27-15-6-8-16(9-7-15)29(33)34)21(12-14-4-2-1-3-5-14)28-25(31)22-17-10-11-18(20-13-19(17)20)23(22)26(28)32/h1-11,17-23H,12-13H2,(H,27,30)/t17-,18-,19-,20-,21+,22+,23+/m1/s1. The fourth-order valence-corrected chi connectivity index (χ4v) is 6.32. The molecular weight excluding hydrogens is 434 g/mol. The lowest BCUT2D eigenvalue weighted by Gasteiger charge is -2.37. The molecular formula is C26H23N3O5. The van der Waals surface area contributed by atoms with Crippen molar-refractivity contribution >= 4 is 29.1 Å². The Kier molecular flexibility index (Phi) is 4.65. The maximum atomic E-state index is 13.6. The molecule has 2 bridgehead atoms. The average molecular weight is 457 g/mol. The maximum Gasteiger partial charge on any atom is 0.269 e. The number of carbonyl (C=O) groups is 3. The normalized spacial score (nSPS) is 31.1. The van der Waals surface area contributed by atoms with Gasteiger partial charge in [0.2, 0.25) is 17.7 Å². The molecule has 0 radical (unpaired) electrons. The molecule has 2 aromatic carbocycles. The minimum absolute atomic E-state index is 0.0801. The summed E-state index contributed by atoms with van der Waals surface area (Å²) < 4.78 is 0. The molecule has 3 fully saturated rings. The van der Waals surface area contributed by atoms with E-state index < -0.39 is 16.9 Å². The maximum absolute atomic E-state index is 13.6. The summed E-state index contributed by atoms with van der Waals surface area (Å²) in [6, 6.07) is 13.8. The number of nitrogens with zero attached hydrogens (tertiary/aromatic N) is 2. The molecule has 0 aromatic heterocycles. The van der Waals surface area contributed by atoms with Crippen molar-refractivity contribution in [3.8, 4) is 0 Å². The lowest BCUT2D eigenvalue weighted by molar-refractivity contribution is -0.384. The molecule has 3 amide bonds. The molecule has 2 aromatic rings. The Morgan fingerprint density at radius 2 is 1.56 bits per heavy atom. The Labute approximate surface area is 195 Å². The van der Waals surface area contributed by atoms with Gasteiger partial charge < -0.3 is 5.32 Å². The van der Waals surface area contributed by atoms with Crippen LogP contribution >= 0.6 is 0 Å². The van der Waals surface area contributed by atoms with Crippen LogP contribution in [-0.4, -0.2) is 33.6 Å². The number of rotatable bonds is 6. The van der Waals surface area contributed by atoms with E-state index in [4.69, 9.17) is 0 Å². The Balaban J connectivity index is 1.30. The van der Waals surface area contributed by atoms with Gasteiger partial charge in [-0.25, -0.2) is 0 Å². The number of hydrogen-bond acceptors (Lipinski definition) is 5. The Morgan fingerprint density at radius 3 is 2.12 bits per heavy atom. The highest BCUT2D eigenvalue weighted by atomic mass is 16.6. The SMILES string of the molecule is O=C(Nc1ccc([N+](=O)[O-])cc1)[C@H](Cc1ccccc1)N1C(=O)[C@H]2[C@@H]3C=C[C@H]([C@H]4C[C@H]34)[C@@H]2C1=O. The Bertz CT molecular complexity index is 1190. The van der Waals surface area contributed by atoms with Gasteiger partial charge in [-0.05, 0) is 47.8 Å². The van der Waals surface area contributed by atoms with Crippen LogP contribution in [0.2, 0.25) is 0 Å². The number of benzene rings is 2. The summed E-state index contributed by atoms with van der Waals surface area (Å²) >= 11 is 0. The number of nitrogens with one attached hydrogen (secondary N) is 1. The lowest BCUT2D eigenvalue weighted by Crippen LogP contribution is -2.49. The highest BCUT2D eigenvalue weighted by Gasteiger charge is 2.67. The molecule has 0 unspecified atom stereocenters. The first kappa shape index (κ1) is 20.8. The number of imide groups is 1. The van der Waals surface area contributed by atoms with E-state index in [0.29, 0.717) is 17.5 Å². The predicted octanol–water partition coefficient (Wildman–Crippen LogP) is 3.20. The van der Waals surface area contributed by atoms with Gasteiger partial charge in [0, 0.05) is 24.2 Å². The zero-order valence-electron chi connectivity index (χ0n) is 18.2. The van der Waals surface area contributed by atoms with Gasteiger partial charge in [-0.1, -0.05) is 42.5 Å². The second-order valence-electron chi connectivity index (χ2n) is 9.70. The molecule has 5 aliphatic rings. The first-order chi connectivity index (χ1) is 16.4. The Morgan fingerprint density at radius 1 is 0.971 bits per heavy atom. The van der Waals surface area contributed by atoms with E-state index in [1.54, 1.807) is 0 Å². The van der Waals surface area contributed by atoms with Crippen LogP contribution in [0, 0.1) is 45.6 Å². The van der Waals surface area contributed by atoms with Crippen LogP contribution in [0.25, 0.3) is 0 Å². The van der Waals surface area contributed by atoms with E-state index in [1.807, 2.05) is 30.3 Å². The van der Waals surface area contributed by atoms with Crippen molar-refractivity contribution in [2.75, 3.05) is 5.32 Å². The third kappa shape index (κ3) is 3.16. The Hall–Kier alpha value is -3.81. The van der Waals surface area contributed by atoms with E-state index in [9.17, 15) is 24.5 Å². The highest BCUT2D eigenvalue weighted by molar-refractivity contribution is 6.10. The zero-order chi connectivity index (χ0) is 23.6. The minimum Gasteiger partial charge on any atom is -0.324 e. The monoisotopic (exact) mass is 457 g/mol. The van der Waals surface area contributed by atoms with Gasteiger partial charge >= 0.3 is 0 Å². The molecule has 1 N–H and O–H groups in total. The molecule has 1 saturated heterocycles. The van der Waals surface area contributed by atoms with Gasteiger partial charge in [-0.2, -0.15) is 0 Å². The van der Waals surface area contributed by atoms with Crippen molar-refractivity contribution in [2.45, 2.75) is 18.9 Å². The summed E-state index contributed by atoms with van der Waals surface area (Å²) in [4.78, 5) is 52.3. The van der Waals surface area contributed by atoms with Crippen molar-refractivity contribution in [1.29, 1.82) is 0 Å². The molecule has 172 valence electrons. The van der Waals surface area contributed by atoms with Gasteiger partial charge in [-0.3, -0.25) is 29.4 Å². The van der Waals surface area contributed by atoms with Crippen LogP contribution in [0.5, 0.6) is 0 Å². The molecule has 8 heteroatoms. The quantitative estimate of drug-likeness (QED) is 0.310. The number of nitro groups is 1. The molecule has 4 aliphatic carbocycles. The van der Waals surface area contributed by atoms with Crippen LogP contribution in [0.15, 0.2) is 66.7 Å². The number of non-ortho nitro benzene ring substituents is 1. The number of likely N-dealkylation sites (tertiary alicyclic amines) is 1. The van der Waals surface area contributed by atoms with Crippen molar-refractivity contribution in [3.05, 3.63) is 82.4 Å². The number of anilines is 1. The van der Waals surface area contributed by atoms with E-state index in [2.05, 4.69) is 17.5 Å². The number of allylic oxidation sites excluding steroid dienone is 2. The molecule has 7 atom stereocenters. The smallest absolute Gasteiger partial charge is 0.269 e. The van der Waals surface area contributed by atoms with Gasteiger partial charge in [0.15, 0.2) is 0 Å². The van der Waals surface area contributed by atoms with Crippen LogP contribution < -0.4 is 5.32 Å². The molecule has 34 heavy (non-hydrogen) atoms. The molecule has 0 spiro atoms. The van der Waals surface area contributed by atoms with Crippen molar-refractivity contribution in [3.63, 3.8) is 0 Å². The summed E-state index contributed by atoms with van der Waals surface area (Å²) in [6.07, 6.45) is 5.49. The van der Waals surface area contributed by atoms with Gasteiger partial charge in [0.1, 0.15) is 6.04 Å². The molecule has 7 rings (SSSR count). The summed E-state index contributed by atoms with van der Waals surface area (Å²) in [7, 11) is 0. The van der Waals surface area contributed by atoms with Gasteiger partial charge in [0.05, 0.1) is 16.8 Å². The topological polar surface area (TPSA) is 110 Å². The largest absolute Gasteiger partial charge is 0.324 e. The fraction of sp³-hybridized carbons (Fsp3) is 0.346. The minimum atomic E-state index is -1.00. The van der Waals surface area contributed by atoms with E-state index in [1.165, 1.54) is 29.2 Å². The number of nitro benzene ring substituents is 1. The highest BCUT2D eigenvalue weighted by Crippen LogP contribution is 2.65. The van der Waals surface area contributed by atoms with Gasteiger partial charge in [0.25, 0.3) is 5.69 Å². The summed E-state index contributed by atoms with van der Waals surface area (Å²) in [6.45, 7) is 0. The first-order valence-corrected chi connectivity index (χ1v) is 11.6. The fourth-order valence-electron chi connectivity index (χ4n) is 6.32. The van der Waals surface area contributed by atoms with Crippen molar-refractivity contribution in [1.82, 2.24) is 4.90 Å². The lowest BCUT2D eigenvalue weighted by atomic mass is 9.63. The third-order valence-electron chi connectivity index (χ3n) is 7.93. The third-order valence-corrected chi connectivity index (χ3v) is 7.93. The molecule has 1 aliphatic heterocycles. The van der Waals surface area contributed by atoms with E-state index >= 15 is 0 Å². The van der Waals surface area contributed by atoms with Crippen molar-refractivity contribution in [2.24, 2.45) is 35.5 Å². The van der Waals surface area contributed by atoms with E-state index in [-0.39, 0.29) is 47.6 Å². The predicted molar refractivity (Wildman–Crippen MR) is 122 cm³/mol. The van der Waals surface area contributed by atoms with Crippen molar-refractivity contribution < 1.29 is 19.3 Å². The summed E-state index contributed by atoms with van der Waals surface area (Å²) in [5.74, 6) is -0.618. The molecule has 8 nitrogen and oxygen atoms in total. The number of hydrogen-bond donors (Lipinski definition) is 1. The van der Waals surface area contributed by atoms with Crippen LogP contribution in [0.1, 0.15) is 12.0 Å². The summed E-state index contributed by atoms with van der Waals surface area (Å²) in [5, 5.41) is 13.7. The zero-order valence-corrected chi connectivity index (χ0v) is 18.2. The number of amides is 3. The van der Waals surface area contributed by atoms with Crippen LogP contribution in [0.3, 0.4) is 0 Å². The molecule has 2 saturated carbocycles.